The molecule has 1 aliphatic heterocycles. The van der Waals surface area contributed by atoms with E-state index >= 15 is 0 Å². The summed E-state index contributed by atoms with van der Waals surface area (Å²) >= 11 is 0. The molecule has 3 amide bonds. The molecule has 0 radical (unpaired) electrons. The minimum Gasteiger partial charge on any atom is -0.344 e. The van der Waals surface area contributed by atoms with E-state index in [1.165, 1.54) is 12.1 Å². The van der Waals surface area contributed by atoms with E-state index in [1.54, 1.807) is 18.0 Å². The molecule has 1 aliphatic carbocycles. The maximum Gasteiger partial charge on any atom is 0.315 e. The van der Waals surface area contributed by atoms with Crippen molar-refractivity contribution in [2.24, 2.45) is 0 Å². The molecule has 1 saturated carbocycles. The van der Waals surface area contributed by atoms with Crippen LogP contribution in [0.1, 0.15) is 24.3 Å². The van der Waals surface area contributed by atoms with Gasteiger partial charge in [0.15, 0.2) is 0 Å². The van der Waals surface area contributed by atoms with Crippen molar-refractivity contribution in [1.29, 1.82) is 0 Å². The summed E-state index contributed by atoms with van der Waals surface area (Å²) < 4.78 is 13.2. The Morgan fingerprint density at radius 2 is 2.19 bits per heavy atom. The predicted octanol–water partition coefficient (Wildman–Crippen LogP) is 1.21. The third-order valence-electron chi connectivity index (χ3n) is 4.12. The fourth-order valence-corrected chi connectivity index (χ4v) is 2.78. The van der Waals surface area contributed by atoms with E-state index in [2.05, 4.69) is 10.6 Å². The molecule has 6 heteroatoms. The molecule has 21 heavy (non-hydrogen) atoms. The number of amides is 3. The maximum atomic E-state index is 13.2. The van der Waals surface area contributed by atoms with Gasteiger partial charge in [-0.1, -0.05) is 12.1 Å². The number of carbonyl (C=O) groups excluding carboxylic acids is 2. The monoisotopic (exact) mass is 291 g/mol. The van der Waals surface area contributed by atoms with Crippen molar-refractivity contribution in [3.63, 3.8) is 0 Å². The SMILES string of the molecule is CN1CC[C@H](NC(=O)N[C@@H]2C[C@H]2c2cccc(F)c2)C1=O. The molecule has 5 nitrogen and oxygen atoms in total. The van der Waals surface area contributed by atoms with Crippen LogP contribution < -0.4 is 10.6 Å². The number of urea groups is 1. The number of likely N-dealkylation sites (N-methyl/N-ethyl adjacent to an activating group) is 1. The molecule has 112 valence electrons. The number of nitrogens with one attached hydrogen (secondary N) is 2. The van der Waals surface area contributed by atoms with Gasteiger partial charge < -0.3 is 15.5 Å². The van der Waals surface area contributed by atoms with Crippen LogP contribution in [0.3, 0.4) is 0 Å². The van der Waals surface area contributed by atoms with E-state index in [9.17, 15) is 14.0 Å². The highest BCUT2D eigenvalue weighted by Crippen LogP contribution is 2.40. The molecule has 1 aromatic carbocycles. The molecule has 3 rings (SSSR count). The van der Waals surface area contributed by atoms with Crippen LogP contribution in [0.4, 0.5) is 9.18 Å². The zero-order valence-electron chi connectivity index (χ0n) is 11.8. The molecule has 3 atom stereocenters. The lowest BCUT2D eigenvalue weighted by molar-refractivity contribution is -0.128. The fraction of sp³-hybridized carbons (Fsp3) is 0.467. The Labute approximate surface area is 122 Å². The number of carbonyl (C=O) groups is 2. The van der Waals surface area contributed by atoms with Crippen molar-refractivity contribution >= 4 is 11.9 Å². The van der Waals surface area contributed by atoms with E-state index in [-0.39, 0.29) is 29.7 Å². The minimum absolute atomic E-state index is 0.0148. The smallest absolute Gasteiger partial charge is 0.315 e. The standard InChI is InChI=1S/C15H18FN3O2/c1-19-6-5-12(14(19)20)17-15(21)18-13-8-11(13)9-3-2-4-10(16)7-9/h2-4,7,11-13H,5-6,8H2,1H3,(H2,17,18,21)/t11-,12-,13+/m0/s1. The maximum absolute atomic E-state index is 13.2. The number of hydrogen-bond acceptors (Lipinski definition) is 2. The second-order valence-corrected chi connectivity index (χ2v) is 5.72. The van der Waals surface area contributed by atoms with Crippen LogP contribution in [-0.2, 0) is 4.79 Å². The van der Waals surface area contributed by atoms with Crippen molar-refractivity contribution in [1.82, 2.24) is 15.5 Å². The number of likely N-dealkylation sites (tertiary alicyclic amines) is 1. The predicted molar refractivity (Wildman–Crippen MR) is 75.3 cm³/mol. The van der Waals surface area contributed by atoms with Gasteiger partial charge in [-0.2, -0.15) is 0 Å². The molecule has 0 bridgehead atoms. The van der Waals surface area contributed by atoms with Crippen molar-refractivity contribution < 1.29 is 14.0 Å². The third-order valence-corrected chi connectivity index (χ3v) is 4.12. The molecule has 2 N–H and O–H groups in total. The first-order chi connectivity index (χ1) is 10.0. The Kier molecular flexibility index (Phi) is 3.53. The zero-order chi connectivity index (χ0) is 15.0. The Balaban J connectivity index is 1.50. The van der Waals surface area contributed by atoms with Crippen LogP contribution in [0, 0.1) is 5.82 Å². The van der Waals surface area contributed by atoms with Crippen molar-refractivity contribution in [2.75, 3.05) is 13.6 Å². The van der Waals surface area contributed by atoms with E-state index < -0.39 is 6.04 Å². The quantitative estimate of drug-likeness (QED) is 0.879. The Morgan fingerprint density at radius 3 is 2.86 bits per heavy atom. The van der Waals surface area contributed by atoms with Crippen LogP contribution in [0.25, 0.3) is 0 Å². The van der Waals surface area contributed by atoms with Gasteiger partial charge in [-0.05, 0) is 30.5 Å². The lowest BCUT2D eigenvalue weighted by Gasteiger charge is -2.13. The topological polar surface area (TPSA) is 61.4 Å². The number of halogens is 1. The summed E-state index contributed by atoms with van der Waals surface area (Å²) in [6.07, 6.45) is 1.44. The summed E-state index contributed by atoms with van der Waals surface area (Å²) in [4.78, 5) is 25.2. The first-order valence-electron chi connectivity index (χ1n) is 7.12. The molecule has 0 aromatic heterocycles. The molecule has 0 spiro atoms. The Bertz CT molecular complexity index is 578. The summed E-state index contributed by atoms with van der Waals surface area (Å²) in [5.74, 6) is -0.154. The molecule has 0 unspecified atom stereocenters. The molecular weight excluding hydrogens is 273 g/mol. The molecule has 1 heterocycles. The zero-order valence-corrected chi connectivity index (χ0v) is 11.8. The second-order valence-electron chi connectivity index (χ2n) is 5.72. The summed E-state index contributed by atoms with van der Waals surface area (Å²) in [5.41, 5.74) is 0.900. The van der Waals surface area contributed by atoms with Crippen molar-refractivity contribution in [2.45, 2.75) is 30.8 Å². The van der Waals surface area contributed by atoms with Gasteiger partial charge in [0, 0.05) is 25.6 Å². The first kappa shape index (κ1) is 13.9. The van der Waals surface area contributed by atoms with Gasteiger partial charge in [0.1, 0.15) is 11.9 Å². The largest absolute Gasteiger partial charge is 0.344 e. The second kappa shape index (κ2) is 5.35. The number of rotatable bonds is 3. The van der Waals surface area contributed by atoms with Crippen molar-refractivity contribution in [3.05, 3.63) is 35.6 Å². The lowest BCUT2D eigenvalue weighted by atomic mass is 10.1. The van der Waals surface area contributed by atoms with E-state index in [1.807, 2.05) is 6.07 Å². The molecular formula is C15H18FN3O2. The van der Waals surface area contributed by atoms with Gasteiger partial charge >= 0.3 is 6.03 Å². The van der Waals surface area contributed by atoms with Gasteiger partial charge in [-0.25, -0.2) is 9.18 Å². The van der Waals surface area contributed by atoms with Gasteiger partial charge in [0.25, 0.3) is 0 Å². The molecule has 2 aliphatic rings. The van der Waals surface area contributed by atoms with E-state index in [4.69, 9.17) is 0 Å². The fourth-order valence-electron chi connectivity index (χ4n) is 2.78. The van der Waals surface area contributed by atoms with Crippen LogP contribution in [0.15, 0.2) is 24.3 Å². The van der Waals surface area contributed by atoms with E-state index in [0.717, 1.165) is 12.0 Å². The summed E-state index contributed by atoms with van der Waals surface area (Å²) in [7, 11) is 1.72. The van der Waals surface area contributed by atoms with Gasteiger partial charge in [-0.3, -0.25) is 4.79 Å². The molecule has 2 fully saturated rings. The molecule has 1 saturated heterocycles. The Morgan fingerprint density at radius 1 is 1.38 bits per heavy atom. The first-order valence-corrected chi connectivity index (χ1v) is 7.12. The summed E-state index contributed by atoms with van der Waals surface area (Å²) in [6, 6.07) is 5.70. The molecule has 1 aromatic rings. The highest BCUT2D eigenvalue weighted by molar-refractivity contribution is 5.88. The number of benzene rings is 1. The lowest BCUT2D eigenvalue weighted by Crippen LogP contribution is -2.46. The van der Waals surface area contributed by atoms with Crippen LogP contribution >= 0.6 is 0 Å². The summed E-state index contributed by atoms with van der Waals surface area (Å²) in [6.45, 7) is 0.666. The number of hydrogen-bond donors (Lipinski definition) is 2. The van der Waals surface area contributed by atoms with Crippen molar-refractivity contribution in [3.8, 4) is 0 Å². The van der Waals surface area contributed by atoms with Crippen LogP contribution in [0.5, 0.6) is 0 Å². The normalized spacial score (nSPS) is 27.6. The van der Waals surface area contributed by atoms with Gasteiger partial charge in [0.05, 0.1) is 0 Å². The minimum atomic E-state index is -0.429. The third kappa shape index (κ3) is 2.99. The van der Waals surface area contributed by atoms with Gasteiger partial charge in [0.2, 0.25) is 5.91 Å². The van der Waals surface area contributed by atoms with Crippen LogP contribution in [-0.4, -0.2) is 42.5 Å². The highest BCUT2D eigenvalue weighted by Gasteiger charge is 2.40. The average molecular weight is 291 g/mol. The number of nitrogens with zero attached hydrogens (tertiary/aromatic N) is 1. The summed E-state index contributed by atoms with van der Waals surface area (Å²) in [5, 5.41) is 5.54. The Hall–Kier alpha value is -2.11. The van der Waals surface area contributed by atoms with E-state index in [0.29, 0.717) is 13.0 Å². The van der Waals surface area contributed by atoms with Gasteiger partial charge in [-0.15, -0.1) is 0 Å². The highest BCUT2D eigenvalue weighted by atomic mass is 19.1. The average Bonchev–Trinajstić information content (AvgIpc) is 3.14. The van der Waals surface area contributed by atoms with Crippen LogP contribution in [0.2, 0.25) is 0 Å².